The third-order valence-corrected chi connectivity index (χ3v) is 6.79. The highest BCUT2D eigenvalue weighted by Crippen LogP contribution is 2.27. The van der Waals surface area contributed by atoms with Gasteiger partial charge in [-0.05, 0) is 48.9 Å². The summed E-state index contributed by atoms with van der Waals surface area (Å²) in [6.45, 7) is 1.72. The van der Waals surface area contributed by atoms with E-state index in [1.54, 1.807) is 7.05 Å². The number of nitrogens with zero attached hydrogens (tertiary/aromatic N) is 2. The van der Waals surface area contributed by atoms with Gasteiger partial charge < -0.3 is 9.64 Å². The first-order chi connectivity index (χ1) is 15.2. The molecular weight excluding hydrogens is 431 g/mol. The fraction of sp³-hybridized carbons (Fsp3) is 0.208. The first kappa shape index (κ1) is 23.3. The van der Waals surface area contributed by atoms with Crippen molar-refractivity contribution in [2.24, 2.45) is 0 Å². The molecule has 0 saturated carbocycles. The molecule has 0 aliphatic carbocycles. The van der Waals surface area contributed by atoms with Crippen LogP contribution in [0.25, 0.3) is 0 Å². The molecule has 0 unspecified atom stereocenters. The van der Waals surface area contributed by atoms with Crippen LogP contribution in [0.3, 0.4) is 0 Å². The topological polar surface area (TPSA) is 66.9 Å². The lowest BCUT2D eigenvalue weighted by Gasteiger charge is -2.27. The Labute approximate surface area is 187 Å². The van der Waals surface area contributed by atoms with Crippen molar-refractivity contribution in [2.75, 3.05) is 25.0 Å². The van der Waals surface area contributed by atoms with Crippen LogP contribution >= 0.6 is 0 Å². The Hall–Kier alpha value is -3.39. The van der Waals surface area contributed by atoms with Gasteiger partial charge in [-0.15, -0.1) is 0 Å². The third-order valence-electron chi connectivity index (χ3n) is 5.01. The van der Waals surface area contributed by atoms with Gasteiger partial charge in [0.15, 0.2) is 0 Å². The van der Waals surface area contributed by atoms with Crippen LogP contribution in [0.15, 0.2) is 77.7 Å². The molecule has 0 N–H and O–H groups in total. The molecule has 6 nitrogen and oxygen atoms in total. The van der Waals surface area contributed by atoms with Crippen LogP contribution in [0.4, 0.5) is 10.1 Å². The SMILES string of the molecule is COc1ccc(S(=O)(=O)N(CC(=O)N(C)Cc2ccc(C)cc2)c2ccccc2F)cc1. The lowest BCUT2D eigenvalue weighted by atomic mass is 10.1. The number of para-hydroxylation sites is 1. The predicted molar refractivity (Wildman–Crippen MR) is 122 cm³/mol. The molecule has 1 amide bonds. The zero-order chi connectivity index (χ0) is 23.3. The summed E-state index contributed by atoms with van der Waals surface area (Å²) < 4.78 is 47.2. The van der Waals surface area contributed by atoms with E-state index in [1.165, 1.54) is 54.5 Å². The molecule has 0 heterocycles. The van der Waals surface area contributed by atoms with Crippen LogP contribution in [0.1, 0.15) is 11.1 Å². The van der Waals surface area contributed by atoms with E-state index in [2.05, 4.69) is 0 Å². The zero-order valence-corrected chi connectivity index (χ0v) is 19.0. The minimum atomic E-state index is -4.22. The number of benzene rings is 3. The molecule has 0 bridgehead atoms. The fourth-order valence-electron chi connectivity index (χ4n) is 3.13. The van der Waals surface area contributed by atoms with Crippen molar-refractivity contribution in [1.29, 1.82) is 0 Å². The fourth-order valence-corrected chi connectivity index (χ4v) is 4.55. The predicted octanol–water partition coefficient (Wildman–Crippen LogP) is 4.00. The number of sulfonamides is 1. The number of hydrogen-bond acceptors (Lipinski definition) is 4. The number of hydrogen-bond donors (Lipinski definition) is 0. The summed E-state index contributed by atoms with van der Waals surface area (Å²) >= 11 is 0. The molecule has 3 aromatic carbocycles. The van der Waals surface area contributed by atoms with Crippen molar-refractivity contribution in [1.82, 2.24) is 4.90 Å². The summed E-state index contributed by atoms with van der Waals surface area (Å²) in [5.41, 5.74) is 1.81. The monoisotopic (exact) mass is 456 g/mol. The van der Waals surface area contributed by atoms with Gasteiger partial charge in [0.25, 0.3) is 10.0 Å². The number of amides is 1. The average molecular weight is 457 g/mol. The van der Waals surface area contributed by atoms with Crippen LogP contribution in [-0.2, 0) is 21.4 Å². The Morgan fingerprint density at radius 2 is 1.59 bits per heavy atom. The maximum atomic E-state index is 14.6. The van der Waals surface area contributed by atoms with Gasteiger partial charge in [0.05, 0.1) is 17.7 Å². The van der Waals surface area contributed by atoms with E-state index < -0.39 is 28.3 Å². The average Bonchev–Trinajstić information content (AvgIpc) is 2.79. The lowest BCUT2D eigenvalue weighted by molar-refractivity contribution is -0.128. The van der Waals surface area contributed by atoms with E-state index in [9.17, 15) is 17.6 Å². The summed E-state index contributed by atoms with van der Waals surface area (Å²) in [5.74, 6) is -0.722. The third kappa shape index (κ3) is 5.26. The van der Waals surface area contributed by atoms with Gasteiger partial charge in [0, 0.05) is 13.6 Å². The number of methoxy groups -OCH3 is 1. The largest absolute Gasteiger partial charge is 0.497 e. The van der Waals surface area contributed by atoms with Crippen LogP contribution < -0.4 is 9.04 Å². The number of ether oxygens (including phenoxy) is 1. The second-order valence-corrected chi connectivity index (χ2v) is 9.24. The van der Waals surface area contributed by atoms with E-state index in [0.717, 1.165) is 21.5 Å². The Kier molecular flexibility index (Phi) is 7.15. The minimum absolute atomic E-state index is 0.0736. The number of rotatable bonds is 8. The summed E-state index contributed by atoms with van der Waals surface area (Å²) in [5, 5.41) is 0. The second kappa shape index (κ2) is 9.82. The highest BCUT2D eigenvalue weighted by molar-refractivity contribution is 7.92. The van der Waals surface area contributed by atoms with Crippen molar-refractivity contribution >= 4 is 21.6 Å². The Bertz CT molecular complexity index is 1180. The van der Waals surface area contributed by atoms with Crippen LogP contribution in [0.5, 0.6) is 5.75 Å². The lowest BCUT2D eigenvalue weighted by Crippen LogP contribution is -2.41. The molecule has 0 aliphatic rings. The molecule has 0 aliphatic heterocycles. The Balaban J connectivity index is 1.91. The Morgan fingerprint density at radius 3 is 2.19 bits per heavy atom. The quantitative estimate of drug-likeness (QED) is 0.514. The molecule has 168 valence electrons. The number of carbonyl (C=O) groups excluding carboxylic acids is 1. The van der Waals surface area contributed by atoms with E-state index in [1.807, 2.05) is 31.2 Å². The summed E-state index contributed by atoms with van der Waals surface area (Å²) in [4.78, 5) is 14.3. The summed E-state index contributed by atoms with van der Waals surface area (Å²) in [6, 6.07) is 18.9. The molecule has 0 saturated heterocycles. The first-order valence-corrected chi connectivity index (χ1v) is 11.4. The van der Waals surface area contributed by atoms with E-state index in [0.29, 0.717) is 12.3 Å². The van der Waals surface area contributed by atoms with Gasteiger partial charge in [-0.25, -0.2) is 12.8 Å². The number of aryl methyl sites for hydroxylation is 1. The molecule has 0 atom stereocenters. The number of likely N-dealkylation sites (N-methyl/N-ethyl adjacent to an activating group) is 1. The summed E-state index contributed by atoms with van der Waals surface area (Å²) in [6.07, 6.45) is 0. The van der Waals surface area contributed by atoms with Gasteiger partial charge in [0.1, 0.15) is 18.1 Å². The van der Waals surface area contributed by atoms with Gasteiger partial charge in [0.2, 0.25) is 5.91 Å². The van der Waals surface area contributed by atoms with Gasteiger partial charge in [-0.2, -0.15) is 0 Å². The molecule has 3 aromatic rings. The Morgan fingerprint density at radius 1 is 0.969 bits per heavy atom. The van der Waals surface area contributed by atoms with E-state index >= 15 is 0 Å². The molecular formula is C24H25FN2O4S. The van der Waals surface area contributed by atoms with Crippen molar-refractivity contribution < 1.29 is 22.3 Å². The van der Waals surface area contributed by atoms with Gasteiger partial charge in [-0.3, -0.25) is 9.10 Å². The summed E-state index contributed by atoms with van der Waals surface area (Å²) in [7, 11) is -1.16. The molecule has 3 rings (SSSR count). The highest BCUT2D eigenvalue weighted by atomic mass is 32.2. The maximum absolute atomic E-state index is 14.6. The number of carbonyl (C=O) groups is 1. The highest BCUT2D eigenvalue weighted by Gasteiger charge is 2.30. The molecule has 32 heavy (non-hydrogen) atoms. The minimum Gasteiger partial charge on any atom is -0.497 e. The normalized spacial score (nSPS) is 11.1. The van der Waals surface area contributed by atoms with Crippen molar-refractivity contribution in [3.63, 3.8) is 0 Å². The van der Waals surface area contributed by atoms with E-state index in [4.69, 9.17) is 4.74 Å². The molecule has 0 fully saturated rings. The van der Waals surface area contributed by atoms with Crippen LogP contribution in [0.2, 0.25) is 0 Å². The molecule has 8 heteroatoms. The molecule has 0 spiro atoms. The number of halogens is 1. The molecule has 0 aromatic heterocycles. The van der Waals surface area contributed by atoms with Crippen LogP contribution in [-0.4, -0.2) is 39.9 Å². The molecule has 0 radical (unpaired) electrons. The zero-order valence-electron chi connectivity index (χ0n) is 18.2. The number of anilines is 1. The smallest absolute Gasteiger partial charge is 0.264 e. The van der Waals surface area contributed by atoms with Gasteiger partial charge >= 0.3 is 0 Å². The van der Waals surface area contributed by atoms with Gasteiger partial charge in [-0.1, -0.05) is 42.0 Å². The first-order valence-electron chi connectivity index (χ1n) is 9.93. The van der Waals surface area contributed by atoms with Crippen molar-refractivity contribution in [3.05, 3.63) is 89.7 Å². The van der Waals surface area contributed by atoms with Crippen LogP contribution in [0, 0.1) is 12.7 Å². The van der Waals surface area contributed by atoms with Crippen molar-refractivity contribution in [3.8, 4) is 5.75 Å². The standard InChI is InChI=1S/C24H25FN2O4S/c1-18-8-10-19(11-9-18)16-26(2)24(28)17-27(23-7-5-4-6-22(23)25)32(29,30)21-14-12-20(31-3)13-15-21/h4-15H,16-17H2,1-3H3. The van der Waals surface area contributed by atoms with E-state index in [-0.39, 0.29) is 10.6 Å². The van der Waals surface area contributed by atoms with Crippen molar-refractivity contribution in [2.45, 2.75) is 18.4 Å². The maximum Gasteiger partial charge on any atom is 0.264 e. The second-order valence-electron chi connectivity index (χ2n) is 7.37.